The summed E-state index contributed by atoms with van der Waals surface area (Å²) >= 11 is 0. The first-order chi connectivity index (χ1) is 13.0. The summed E-state index contributed by atoms with van der Waals surface area (Å²) in [5.41, 5.74) is 2.53. The van der Waals surface area contributed by atoms with Gasteiger partial charge in [-0.1, -0.05) is 30.3 Å². The van der Waals surface area contributed by atoms with Gasteiger partial charge in [0.25, 0.3) is 5.91 Å². The third-order valence-corrected chi connectivity index (χ3v) is 4.77. The maximum atomic E-state index is 12.6. The van der Waals surface area contributed by atoms with E-state index >= 15 is 0 Å². The van der Waals surface area contributed by atoms with Crippen molar-refractivity contribution in [1.29, 1.82) is 0 Å². The summed E-state index contributed by atoms with van der Waals surface area (Å²) < 4.78 is 0. The quantitative estimate of drug-likeness (QED) is 0.851. The van der Waals surface area contributed by atoms with Crippen LogP contribution in [0.25, 0.3) is 0 Å². The van der Waals surface area contributed by atoms with Crippen LogP contribution in [0.5, 0.6) is 0 Å². The van der Waals surface area contributed by atoms with Crippen LogP contribution in [0, 0.1) is 0 Å². The molecule has 2 aromatic rings. The van der Waals surface area contributed by atoms with Gasteiger partial charge in [0.05, 0.1) is 0 Å². The Morgan fingerprint density at radius 2 is 1.85 bits per heavy atom. The molecule has 0 radical (unpaired) electrons. The number of piperidine rings is 1. The predicted octanol–water partition coefficient (Wildman–Crippen LogP) is 4.24. The van der Waals surface area contributed by atoms with Crippen LogP contribution in [0.15, 0.2) is 54.6 Å². The van der Waals surface area contributed by atoms with E-state index in [4.69, 9.17) is 0 Å². The van der Waals surface area contributed by atoms with Crippen LogP contribution in [-0.2, 0) is 0 Å². The Morgan fingerprint density at radius 1 is 1.07 bits per heavy atom. The van der Waals surface area contributed by atoms with E-state index in [-0.39, 0.29) is 23.9 Å². The van der Waals surface area contributed by atoms with Crippen molar-refractivity contribution in [1.82, 2.24) is 10.2 Å². The van der Waals surface area contributed by atoms with E-state index in [1.165, 1.54) is 0 Å². The average Bonchev–Trinajstić information content (AvgIpc) is 2.68. The number of benzene rings is 2. The van der Waals surface area contributed by atoms with Crippen LogP contribution in [0.2, 0.25) is 0 Å². The first-order valence-corrected chi connectivity index (χ1v) is 9.54. The van der Waals surface area contributed by atoms with E-state index in [1.807, 2.05) is 73.3 Å². The predicted molar refractivity (Wildman–Crippen MR) is 108 cm³/mol. The summed E-state index contributed by atoms with van der Waals surface area (Å²) in [6, 6.07) is 17.3. The summed E-state index contributed by atoms with van der Waals surface area (Å²) in [6.45, 7) is 5.40. The minimum Gasteiger partial charge on any atom is -0.336 e. The molecule has 5 nitrogen and oxygen atoms in total. The highest BCUT2D eigenvalue weighted by atomic mass is 16.2. The summed E-state index contributed by atoms with van der Waals surface area (Å²) in [7, 11) is 0. The minimum absolute atomic E-state index is 0.00678. The van der Waals surface area contributed by atoms with Crippen LogP contribution in [-0.4, -0.2) is 36.0 Å². The fourth-order valence-corrected chi connectivity index (χ4v) is 3.43. The Kier molecular flexibility index (Phi) is 6.12. The monoisotopic (exact) mass is 365 g/mol. The molecule has 0 spiro atoms. The molecular formula is C22H27N3O2. The van der Waals surface area contributed by atoms with Crippen LogP contribution < -0.4 is 10.6 Å². The fraction of sp³-hybridized carbons (Fsp3) is 0.364. The number of hydrogen-bond acceptors (Lipinski definition) is 2. The Morgan fingerprint density at radius 3 is 2.59 bits per heavy atom. The first-order valence-electron chi connectivity index (χ1n) is 9.54. The Hall–Kier alpha value is -2.82. The molecule has 0 aliphatic carbocycles. The van der Waals surface area contributed by atoms with Gasteiger partial charge in [-0.15, -0.1) is 0 Å². The molecule has 2 aromatic carbocycles. The van der Waals surface area contributed by atoms with Gasteiger partial charge < -0.3 is 15.5 Å². The second-order valence-corrected chi connectivity index (χ2v) is 7.33. The fourth-order valence-electron chi connectivity index (χ4n) is 3.43. The second kappa shape index (κ2) is 8.71. The van der Waals surface area contributed by atoms with E-state index in [0.29, 0.717) is 12.1 Å². The minimum atomic E-state index is -0.117. The van der Waals surface area contributed by atoms with Crippen LogP contribution in [0.4, 0.5) is 10.5 Å². The summed E-state index contributed by atoms with van der Waals surface area (Å²) in [4.78, 5) is 26.8. The number of hydrogen-bond donors (Lipinski definition) is 2. The molecule has 0 bridgehead atoms. The molecule has 1 aliphatic heterocycles. The molecule has 0 saturated carbocycles. The van der Waals surface area contributed by atoms with E-state index in [0.717, 1.165) is 30.6 Å². The van der Waals surface area contributed by atoms with Crippen molar-refractivity contribution < 1.29 is 9.59 Å². The van der Waals surface area contributed by atoms with Crippen molar-refractivity contribution in [2.45, 2.75) is 38.6 Å². The second-order valence-electron chi connectivity index (χ2n) is 7.33. The number of carbonyl (C=O) groups excluding carboxylic acids is 2. The molecule has 0 aromatic heterocycles. The highest BCUT2D eigenvalue weighted by Gasteiger charge is 2.25. The lowest BCUT2D eigenvalue weighted by Crippen LogP contribution is -2.47. The molecule has 1 heterocycles. The van der Waals surface area contributed by atoms with Crippen molar-refractivity contribution in [2.24, 2.45) is 0 Å². The maximum absolute atomic E-state index is 12.6. The molecule has 1 fully saturated rings. The van der Waals surface area contributed by atoms with E-state index < -0.39 is 0 Å². The molecule has 3 amide bonds. The number of carbonyl (C=O) groups is 2. The van der Waals surface area contributed by atoms with E-state index in [1.54, 1.807) is 0 Å². The zero-order valence-electron chi connectivity index (χ0n) is 15.9. The lowest BCUT2D eigenvalue weighted by Gasteiger charge is -2.33. The zero-order chi connectivity index (χ0) is 19.2. The van der Waals surface area contributed by atoms with E-state index in [2.05, 4.69) is 10.6 Å². The molecular weight excluding hydrogens is 338 g/mol. The van der Waals surface area contributed by atoms with Gasteiger partial charge in [0.2, 0.25) is 0 Å². The Bertz CT molecular complexity index is 789. The van der Waals surface area contributed by atoms with Gasteiger partial charge in [-0.3, -0.25) is 4.79 Å². The molecule has 2 N–H and O–H groups in total. The topological polar surface area (TPSA) is 61.4 Å². The van der Waals surface area contributed by atoms with Gasteiger partial charge in [-0.2, -0.15) is 0 Å². The van der Waals surface area contributed by atoms with Crippen molar-refractivity contribution in [3.8, 4) is 0 Å². The number of likely N-dealkylation sites (tertiary alicyclic amines) is 1. The molecule has 27 heavy (non-hydrogen) atoms. The maximum Gasteiger partial charge on any atom is 0.317 e. The zero-order valence-corrected chi connectivity index (χ0v) is 15.9. The highest BCUT2D eigenvalue weighted by Crippen LogP contribution is 2.27. The molecule has 5 heteroatoms. The number of nitrogens with zero attached hydrogens (tertiary/aromatic N) is 1. The average molecular weight is 365 g/mol. The van der Waals surface area contributed by atoms with Crippen LogP contribution in [0.1, 0.15) is 48.5 Å². The standard InChI is InChI=1S/C22H27N3O2/c1-16(2)23-22(27)25-13-7-10-19(15-25)17-8-6-9-18(14-17)21(26)24-20-11-4-3-5-12-20/h3-6,8-9,11-12,14,16,19H,7,10,13,15H2,1-2H3,(H,23,27)(H,24,26)/t19-/m1/s1. The van der Waals surface area contributed by atoms with Gasteiger partial charge in [-0.05, 0) is 56.5 Å². The first kappa shape index (κ1) is 19.0. The number of rotatable bonds is 4. The third kappa shape index (κ3) is 5.09. The molecule has 1 aliphatic rings. The Labute approximate surface area is 160 Å². The molecule has 1 saturated heterocycles. The number of amides is 3. The molecule has 1 atom stereocenters. The highest BCUT2D eigenvalue weighted by molar-refractivity contribution is 6.04. The molecule has 142 valence electrons. The van der Waals surface area contributed by atoms with Crippen molar-refractivity contribution in [2.75, 3.05) is 18.4 Å². The number of urea groups is 1. The van der Waals surface area contributed by atoms with Crippen molar-refractivity contribution >= 4 is 17.6 Å². The third-order valence-electron chi connectivity index (χ3n) is 4.77. The normalized spacial score (nSPS) is 16.9. The summed E-state index contributed by atoms with van der Waals surface area (Å²) in [6.07, 6.45) is 1.99. The number of nitrogens with one attached hydrogen (secondary N) is 2. The van der Waals surface area contributed by atoms with Crippen LogP contribution >= 0.6 is 0 Å². The van der Waals surface area contributed by atoms with Gasteiger partial charge in [-0.25, -0.2) is 4.79 Å². The van der Waals surface area contributed by atoms with Crippen molar-refractivity contribution in [3.63, 3.8) is 0 Å². The lowest BCUT2D eigenvalue weighted by molar-refractivity contribution is 0.102. The summed E-state index contributed by atoms with van der Waals surface area (Å²) in [5, 5.41) is 5.89. The number of para-hydroxylation sites is 1. The van der Waals surface area contributed by atoms with E-state index in [9.17, 15) is 9.59 Å². The van der Waals surface area contributed by atoms with Gasteiger partial charge in [0.15, 0.2) is 0 Å². The Balaban J connectivity index is 1.69. The molecule has 0 unspecified atom stereocenters. The SMILES string of the molecule is CC(C)NC(=O)N1CCC[C@@H](c2cccc(C(=O)Nc3ccccc3)c2)C1. The van der Waals surface area contributed by atoms with Crippen molar-refractivity contribution in [3.05, 3.63) is 65.7 Å². The summed E-state index contributed by atoms with van der Waals surface area (Å²) in [5.74, 6) is 0.134. The largest absolute Gasteiger partial charge is 0.336 e. The molecule has 3 rings (SSSR count). The number of anilines is 1. The van der Waals surface area contributed by atoms with Gasteiger partial charge in [0.1, 0.15) is 0 Å². The smallest absolute Gasteiger partial charge is 0.317 e. The van der Waals surface area contributed by atoms with Crippen LogP contribution in [0.3, 0.4) is 0 Å². The van der Waals surface area contributed by atoms with Gasteiger partial charge >= 0.3 is 6.03 Å². The lowest BCUT2D eigenvalue weighted by atomic mass is 9.89. The van der Waals surface area contributed by atoms with Gasteiger partial charge in [0, 0.05) is 36.3 Å².